The van der Waals surface area contributed by atoms with Crippen molar-refractivity contribution < 1.29 is 23.1 Å². The number of halogens is 2. The van der Waals surface area contributed by atoms with Gasteiger partial charge in [-0.2, -0.15) is 0 Å². The molecule has 2 aliphatic heterocycles. The number of amides is 3. The van der Waals surface area contributed by atoms with Gasteiger partial charge < -0.3 is 19.4 Å². The Morgan fingerprint density at radius 2 is 1.96 bits per heavy atom. The van der Waals surface area contributed by atoms with Crippen LogP contribution in [0, 0.1) is 0 Å². The number of alkyl halides is 2. The molecular formula is C17H26F2N6O3. The summed E-state index contributed by atoms with van der Waals surface area (Å²) in [6.07, 6.45) is 1.01. The molecule has 0 spiro atoms. The van der Waals surface area contributed by atoms with E-state index < -0.39 is 31.0 Å². The van der Waals surface area contributed by atoms with Crippen LogP contribution < -0.4 is 0 Å². The zero-order chi connectivity index (χ0) is 20.3. The van der Waals surface area contributed by atoms with Gasteiger partial charge in [0.1, 0.15) is 0 Å². The van der Waals surface area contributed by atoms with Gasteiger partial charge in [-0.1, -0.05) is 5.21 Å². The number of hydrogen-bond donors (Lipinski definition) is 0. The lowest BCUT2D eigenvalue weighted by atomic mass is 10.2. The maximum absolute atomic E-state index is 14.0. The van der Waals surface area contributed by atoms with Gasteiger partial charge in [0.05, 0.1) is 38.5 Å². The van der Waals surface area contributed by atoms with E-state index >= 15 is 0 Å². The van der Waals surface area contributed by atoms with Crippen LogP contribution >= 0.6 is 0 Å². The molecule has 0 unspecified atom stereocenters. The first-order valence-corrected chi connectivity index (χ1v) is 9.55. The van der Waals surface area contributed by atoms with Crippen LogP contribution in [-0.2, 0) is 11.3 Å². The lowest BCUT2D eigenvalue weighted by Crippen LogP contribution is -2.47. The van der Waals surface area contributed by atoms with Gasteiger partial charge in [0.15, 0.2) is 5.69 Å². The Bertz CT molecular complexity index is 703. The van der Waals surface area contributed by atoms with Crippen LogP contribution in [0.15, 0.2) is 6.20 Å². The van der Waals surface area contributed by atoms with E-state index in [-0.39, 0.29) is 18.1 Å². The summed E-state index contributed by atoms with van der Waals surface area (Å²) in [6, 6.07) is -1.12. The monoisotopic (exact) mass is 400 g/mol. The van der Waals surface area contributed by atoms with Crippen LogP contribution in [0.1, 0.15) is 30.8 Å². The van der Waals surface area contributed by atoms with Crippen LogP contribution in [-0.4, -0.2) is 99.5 Å². The Balaban J connectivity index is 1.70. The fraction of sp³-hybridized carbons (Fsp3) is 0.765. The molecule has 0 saturated carbocycles. The van der Waals surface area contributed by atoms with Crippen LogP contribution in [0.5, 0.6) is 0 Å². The molecule has 3 amide bonds. The normalized spacial score (nSPS) is 21.8. The molecule has 3 rings (SSSR count). The molecule has 0 aliphatic carbocycles. The third kappa shape index (κ3) is 4.40. The fourth-order valence-electron chi connectivity index (χ4n) is 3.59. The first-order chi connectivity index (χ1) is 13.3. The average Bonchev–Trinajstić information content (AvgIpc) is 3.26. The second kappa shape index (κ2) is 8.38. The standard InChI is InChI=1S/C17H26F2N6O3/c1-3-22(4-2)16(27)25-12-17(18,19)9-13(25)10-24-11-14(20-21-24)15(26)23-5-7-28-8-6-23/h11,13H,3-10,12H2,1-2H3/t13-/m0/s1. The summed E-state index contributed by atoms with van der Waals surface area (Å²) < 4.78 is 34.6. The maximum atomic E-state index is 14.0. The summed E-state index contributed by atoms with van der Waals surface area (Å²) in [5, 5.41) is 7.80. The van der Waals surface area contributed by atoms with Gasteiger partial charge in [0.2, 0.25) is 0 Å². The molecule has 0 bridgehead atoms. The van der Waals surface area contributed by atoms with E-state index in [2.05, 4.69) is 10.3 Å². The number of rotatable bonds is 5. The number of carbonyl (C=O) groups is 2. The zero-order valence-electron chi connectivity index (χ0n) is 16.2. The number of carbonyl (C=O) groups excluding carboxylic acids is 2. The molecule has 156 valence electrons. The second-order valence-electron chi connectivity index (χ2n) is 7.03. The number of nitrogens with zero attached hydrogens (tertiary/aromatic N) is 6. The molecule has 28 heavy (non-hydrogen) atoms. The van der Waals surface area contributed by atoms with Gasteiger partial charge in [0.25, 0.3) is 11.8 Å². The summed E-state index contributed by atoms with van der Waals surface area (Å²) in [4.78, 5) is 29.4. The molecule has 0 radical (unpaired) electrons. The summed E-state index contributed by atoms with van der Waals surface area (Å²) in [5.74, 6) is -3.21. The van der Waals surface area contributed by atoms with Crippen molar-refractivity contribution in [3.05, 3.63) is 11.9 Å². The maximum Gasteiger partial charge on any atom is 0.320 e. The largest absolute Gasteiger partial charge is 0.378 e. The molecule has 11 heteroatoms. The first-order valence-electron chi connectivity index (χ1n) is 9.55. The number of urea groups is 1. The van der Waals surface area contributed by atoms with Gasteiger partial charge in [0, 0.05) is 32.6 Å². The SMILES string of the molecule is CCN(CC)C(=O)N1CC(F)(F)C[C@H]1Cn1cc(C(=O)N2CCOCC2)nn1. The van der Waals surface area contributed by atoms with E-state index in [1.807, 2.05) is 13.8 Å². The third-order valence-corrected chi connectivity index (χ3v) is 5.11. The Kier molecular flexibility index (Phi) is 6.11. The molecule has 1 aromatic heterocycles. The number of hydrogen-bond acceptors (Lipinski definition) is 5. The Hall–Kier alpha value is -2.30. The molecule has 3 heterocycles. The van der Waals surface area contributed by atoms with Crippen LogP contribution in [0.4, 0.5) is 13.6 Å². The molecule has 2 fully saturated rings. The van der Waals surface area contributed by atoms with Gasteiger partial charge >= 0.3 is 6.03 Å². The Labute approximate surface area is 162 Å². The van der Waals surface area contributed by atoms with Crippen molar-refractivity contribution in [1.82, 2.24) is 29.7 Å². The van der Waals surface area contributed by atoms with Crippen LogP contribution in [0.3, 0.4) is 0 Å². The van der Waals surface area contributed by atoms with Crippen molar-refractivity contribution in [2.75, 3.05) is 45.9 Å². The molecule has 0 aromatic carbocycles. The van der Waals surface area contributed by atoms with E-state index in [0.717, 1.165) is 0 Å². The minimum atomic E-state index is -2.94. The highest BCUT2D eigenvalue weighted by molar-refractivity contribution is 5.92. The molecule has 2 saturated heterocycles. The highest BCUT2D eigenvalue weighted by atomic mass is 19.3. The lowest BCUT2D eigenvalue weighted by Gasteiger charge is -2.30. The smallest absolute Gasteiger partial charge is 0.320 e. The second-order valence-corrected chi connectivity index (χ2v) is 7.03. The fourth-order valence-corrected chi connectivity index (χ4v) is 3.59. The minimum absolute atomic E-state index is 0.0615. The van der Waals surface area contributed by atoms with Crippen molar-refractivity contribution in [3.63, 3.8) is 0 Å². The van der Waals surface area contributed by atoms with Gasteiger partial charge in [-0.3, -0.25) is 4.79 Å². The van der Waals surface area contributed by atoms with Gasteiger partial charge in [-0.05, 0) is 13.8 Å². The van der Waals surface area contributed by atoms with Crippen LogP contribution in [0.2, 0.25) is 0 Å². The molecule has 2 aliphatic rings. The average molecular weight is 400 g/mol. The number of ether oxygens (including phenoxy) is 1. The Morgan fingerprint density at radius 3 is 2.61 bits per heavy atom. The summed E-state index contributed by atoms with van der Waals surface area (Å²) >= 11 is 0. The number of likely N-dealkylation sites (tertiary alicyclic amines) is 1. The Morgan fingerprint density at radius 1 is 1.29 bits per heavy atom. The van der Waals surface area contributed by atoms with Crippen molar-refractivity contribution in [2.24, 2.45) is 0 Å². The lowest BCUT2D eigenvalue weighted by molar-refractivity contribution is 0.0134. The van der Waals surface area contributed by atoms with E-state index in [0.29, 0.717) is 39.4 Å². The summed E-state index contributed by atoms with van der Waals surface area (Å²) in [5.41, 5.74) is 0.160. The number of morpholine rings is 1. The van der Waals surface area contributed by atoms with Crippen molar-refractivity contribution in [1.29, 1.82) is 0 Å². The van der Waals surface area contributed by atoms with E-state index in [4.69, 9.17) is 4.74 Å². The summed E-state index contributed by atoms with van der Waals surface area (Å²) in [7, 11) is 0. The topological polar surface area (TPSA) is 83.8 Å². The van der Waals surface area contributed by atoms with E-state index in [1.165, 1.54) is 20.7 Å². The minimum Gasteiger partial charge on any atom is -0.378 e. The molecule has 1 aromatic rings. The highest BCUT2D eigenvalue weighted by Gasteiger charge is 2.48. The van der Waals surface area contributed by atoms with Crippen molar-refractivity contribution >= 4 is 11.9 Å². The molecular weight excluding hydrogens is 374 g/mol. The van der Waals surface area contributed by atoms with Crippen molar-refractivity contribution in [2.45, 2.75) is 38.8 Å². The first kappa shape index (κ1) is 20.4. The highest BCUT2D eigenvalue weighted by Crippen LogP contribution is 2.33. The molecule has 0 N–H and O–H groups in total. The number of aromatic nitrogens is 3. The van der Waals surface area contributed by atoms with Gasteiger partial charge in [-0.25, -0.2) is 18.3 Å². The van der Waals surface area contributed by atoms with Gasteiger partial charge in [-0.15, -0.1) is 5.10 Å². The van der Waals surface area contributed by atoms with E-state index in [9.17, 15) is 18.4 Å². The summed E-state index contributed by atoms with van der Waals surface area (Å²) in [6.45, 7) is 5.87. The quantitative estimate of drug-likeness (QED) is 0.734. The predicted octanol–water partition coefficient (Wildman–Crippen LogP) is 0.922. The zero-order valence-corrected chi connectivity index (χ0v) is 16.2. The third-order valence-electron chi connectivity index (χ3n) is 5.11. The van der Waals surface area contributed by atoms with E-state index in [1.54, 1.807) is 4.90 Å². The molecule has 9 nitrogen and oxygen atoms in total. The van der Waals surface area contributed by atoms with Crippen molar-refractivity contribution in [3.8, 4) is 0 Å². The predicted molar refractivity (Wildman–Crippen MR) is 95.1 cm³/mol. The molecule has 1 atom stereocenters. The van der Waals surface area contributed by atoms with Crippen LogP contribution in [0.25, 0.3) is 0 Å².